The smallest absolute Gasteiger partial charge is 0.163 e. The lowest BCUT2D eigenvalue weighted by Crippen LogP contribution is -2.48. The molecule has 1 aliphatic heterocycles. The Labute approximate surface area is 186 Å². The van der Waals surface area contributed by atoms with Crippen molar-refractivity contribution < 1.29 is 4.79 Å². The molecule has 0 atom stereocenters. The summed E-state index contributed by atoms with van der Waals surface area (Å²) in [5.41, 5.74) is 1.59. The summed E-state index contributed by atoms with van der Waals surface area (Å²) in [5, 5.41) is 2.09. The highest BCUT2D eigenvalue weighted by Gasteiger charge is 2.24. The number of benzene rings is 2. The van der Waals surface area contributed by atoms with Crippen LogP contribution in [0, 0.1) is 5.92 Å². The number of Topliss-reactive ketones (excluding diaryl/α,β-unsaturated/α-hetero) is 1. The Kier molecular flexibility index (Phi) is 6.23. The molecule has 0 amide bonds. The molecule has 4 rings (SSSR count). The maximum absolute atomic E-state index is 12.1. The van der Waals surface area contributed by atoms with Gasteiger partial charge in [0.2, 0.25) is 0 Å². The minimum Gasteiger partial charge on any atom is -0.353 e. The first-order valence-corrected chi connectivity index (χ1v) is 10.9. The monoisotopic (exact) mass is 442 g/mol. The van der Waals surface area contributed by atoms with Crippen LogP contribution in [0.4, 0.5) is 5.82 Å². The summed E-state index contributed by atoms with van der Waals surface area (Å²) < 4.78 is 0. The van der Waals surface area contributed by atoms with Crippen LogP contribution in [-0.4, -0.2) is 53.4 Å². The van der Waals surface area contributed by atoms with E-state index in [1.807, 2.05) is 56.3 Å². The molecule has 2 aromatic carbocycles. The Morgan fingerprint density at radius 1 is 0.967 bits per heavy atom. The second kappa shape index (κ2) is 8.88. The zero-order chi connectivity index (χ0) is 21.3. The van der Waals surface area contributed by atoms with Gasteiger partial charge in [0.1, 0.15) is 11.6 Å². The number of halogens is 2. The van der Waals surface area contributed by atoms with Crippen molar-refractivity contribution in [1.29, 1.82) is 0 Å². The summed E-state index contributed by atoms with van der Waals surface area (Å²) in [5.74, 6) is 1.74. The molecule has 5 nitrogen and oxygen atoms in total. The van der Waals surface area contributed by atoms with Crippen LogP contribution in [0.15, 0.2) is 42.5 Å². The number of aromatic nitrogens is 2. The number of anilines is 1. The molecular weight excluding hydrogens is 419 g/mol. The minimum atomic E-state index is 0.0609. The van der Waals surface area contributed by atoms with Crippen molar-refractivity contribution in [2.24, 2.45) is 5.92 Å². The number of hydrogen-bond donors (Lipinski definition) is 0. The molecule has 156 valence electrons. The molecule has 0 bridgehead atoms. The molecule has 0 spiro atoms. The predicted octanol–water partition coefficient (Wildman–Crippen LogP) is 4.95. The zero-order valence-electron chi connectivity index (χ0n) is 17.1. The largest absolute Gasteiger partial charge is 0.353 e. The molecule has 0 N–H and O–H groups in total. The molecule has 1 saturated heterocycles. The Hall–Kier alpha value is -2.21. The molecule has 0 saturated carbocycles. The van der Waals surface area contributed by atoms with E-state index in [-0.39, 0.29) is 11.7 Å². The first kappa shape index (κ1) is 21.0. The Balaban J connectivity index is 1.68. The van der Waals surface area contributed by atoms with E-state index in [1.54, 1.807) is 0 Å². The fourth-order valence-corrected chi connectivity index (χ4v) is 4.11. The van der Waals surface area contributed by atoms with Gasteiger partial charge >= 0.3 is 0 Å². The van der Waals surface area contributed by atoms with E-state index in [0.717, 1.165) is 48.5 Å². The number of nitrogens with zero attached hydrogens (tertiary/aromatic N) is 4. The van der Waals surface area contributed by atoms with Gasteiger partial charge in [0.15, 0.2) is 5.82 Å². The second-order valence-corrected chi connectivity index (χ2v) is 8.68. The van der Waals surface area contributed by atoms with Gasteiger partial charge in [-0.15, -0.1) is 0 Å². The van der Waals surface area contributed by atoms with Crippen LogP contribution in [0.2, 0.25) is 10.0 Å². The SMILES string of the molecule is CC(C)C(=O)CN1CCN(c2nc(-c3ccccc3Cl)nc3cccc(Cl)c23)CC1. The molecule has 1 fully saturated rings. The van der Waals surface area contributed by atoms with Crippen LogP contribution in [0.25, 0.3) is 22.3 Å². The van der Waals surface area contributed by atoms with E-state index in [4.69, 9.17) is 33.2 Å². The third-order valence-corrected chi connectivity index (χ3v) is 6.11. The number of fused-ring (bicyclic) bond motifs is 1. The summed E-state index contributed by atoms with van der Waals surface area (Å²) in [6.45, 7) is 7.54. The number of rotatable bonds is 5. The van der Waals surface area contributed by atoms with Gasteiger partial charge in [-0.2, -0.15) is 0 Å². The second-order valence-electron chi connectivity index (χ2n) is 7.87. The first-order chi connectivity index (χ1) is 14.4. The lowest BCUT2D eigenvalue weighted by molar-refractivity contribution is -0.123. The van der Waals surface area contributed by atoms with Gasteiger partial charge in [0, 0.05) is 37.7 Å². The molecule has 3 aromatic rings. The zero-order valence-corrected chi connectivity index (χ0v) is 18.6. The van der Waals surface area contributed by atoms with Crippen molar-refractivity contribution in [2.75, 3.05) is 37.6 Å². The quantitative estimate of drug-likeness (QED) is 0.559. The van der Waals surface area contributed by atoms with Gasteiger partial charge in [0.25, 0.3) is 0 Å². The van der Waals surface area contributed by atoms with Crippen molar-refractivity contribution in [1.82, 2.24) is 14.9 Å². The lowest BCUT2D eigenvalue weighted by atomic mass is 10.1. The highest BCUT2D eigenvalue weighted by atomic mass is 35.5. The predicted molar refractivity (Wildman–Crippen MR) is 123 cm³/mol. The van der Waals surface area contributed by atoms with Crippen LogP contribution in [0.3, 0.4) is 0 Å². The van der Waals surface area contributed by atoms with E-state index in [0.29, 0.717) is 22.4 Å². The molecule has 0 unspecified atom stereocenters. The summed E-state index contributed by atoms with van der Waals surface area (Å²) in [6.07, 6.45) is 0. The Bertz CT molecular complexity index is 1080. The van der Waals surface area contributed by atoms with E-state index < -0.39 is 0 Å². The van der Waals surface area contributed by atoms with Crippen LogP contribution in [-0.2, 0) is 4.79 Å². The summed E-state index contributed by atoms with van der Waals surface area (Å²) in [4.78, 5) is 26.2. The molecule has 7 heteroatoms. The van der Waals surface area contributed by atoms with Gasteiger partial charge < -0.3 is 4.90 Å². The molecule has 1 aromatic heterocycles. The average molecular weight is 443 g/mol. The highest BCUT2D eigenvalue weighted by Crippen LogP contribution is 2.34. The molecule has 0 radical (unpaired) electrons. The molecular formula is C23H24Cl2N4O. The summed E-state index contributed by atoms with van der Waals surface area (Å²) in [7, 11) is 0. The van der Waals surface area contributed by atoms with Crippen molar-refractivity contribution in [3.8, 4) is 11.4 Å². The van der Waals surface area contributed by atoms with E-state index >= 15 is 0 Å². The molecule has 1 aliphatic rings. The summed E-state index contributed by atoms with van der Waals surface area (Å²) in [6, 6.07) is 13.3. The van der Waals surface area contributed by atoms with Gasteiger partial charge in [-0.3, -0.25) is 9.69 Å². The van der Waals surface area contributed by atoms with Crippen molar-refractivity contribution >= 4 is 45.7 Å². The topological polar surface area (TPSA) is 49.3 Å². The number of ketones is 1. The lowest BCUT2D eigenvalue weighted by Gasteiger charge is -2.36. The Morgan fingerprint density at radius 3 is 2.37 bits per heavy atom. The van der Waals surface area contributed by atoms with Crippen molar-refractivity contribution in [2.45, 2.75) is 13.8 Å². The first-order valence-electron chi connectivity index (χ1n) is 10.1. The normalized spacial score (nSPS) is 15.2. The molecule has 2 heterocycles. The average Bonchev–Trinajstić information content (AvgIpc) is 2.74. The molecule has 0 aliphatic carbocycles. The van der Waals surface area contributed by atoms with Gasteiger partial charge in [0.05, 0.1) is 27.5 Å². The van der Waals surface area contributed by atoms with Gasteiger partial charge in [-0.25, -0.2) is 9.97 Å². The van der Waals surface area contributed by atoms with Crippen LogP contribution < -0.4 is 4.90 Å². The number of carbonyl (C=O) groups is 1. The van der Waals surface area contributed by atoms with Crippen LogP contribution in [0.5, 0.6) is 0 Å². The van der Waals surface area contributed by atoms with E-state index in [9.17, 15) is 4.79 Å². The van der Waals surface area contributed by atoms with Gasteiger partial charge in [-0.05, 0) is 24.3 Å². The molecule has 30 heavy (non-hydrogen) atoms. The summed E-state index contributed by atoms with van der Waals surface area (Å²) >= 11 is 13.0. The third kappa shape index (κ3) is 4.29. The van der Waals surface area contributed by atoms with Gasteiger partial charge in [-0.1, -0.05) is 55.2 Å². The highest BCUT2D eigenvalue weighted by molar-refractivity contribution is 6.36. The van der Waals surface area contributed by atoms with Crippen LogP contribution in [0.1, 0.15) is 13.8 Å². The van der Waals surface area contributed by atoms with E-state index in [2.05, 4.69) is 9.80 Å². The van der Waals surface area contributed by atoms with Crippen LogP contribution >= 0.6 is 23.2 Å². The fraction of sp³-hybridized carbons (Fsp3) is 0.348. The Morgan fingerprint density at radius 2 is 1.67 bits per heavy atom. The fourth-order valence-electron chi connectivity index (χ4n) is 3.64. The maximum Gasteiger partial charge on any atom is 0.163 e. The third-order valence-electron chi connectivity index (χ3n) is 5.46. The van der Waals surface area contributed by atoms with E-state index in [1.165, 1.54) is 0 Å². The standard InChI is InChI=1S/C23H24Cl2N4O/c1-15(2)20(30)14-28-10-12-29(13-11-28)23-21-18(25)8-5-9-19(21)26-22(27-23)16-6-3-4-7-17(16)24/h3-9,15H,10-14H2,1-2H3. The number of piperazine rings is 1. The van der Waals surface area contributed by atoms with Crippen molar-refractivity contribution in [3.05, 3.63) is 52.5 Å². The van der Waals surface area contributed by atoms with Crippen molar-refractivity contribution in [3.63, 3.8) is 0 Å². The number of carbonyl (C=O) groups excluding carboxylic acids is 1. The number of hydrogen-bond acceptors (Lipinski definition) is 5. The minimum absolute atomic E-state index is 0.0609. The maximum atomic E-state index is 12.1.